The molecule has 0 spiro atoms. The highest BCUT2D eigenvalue weighted by atomic mass is 16.1. The first kappa shape index (κ1) is 15.0. The van der Waals surface area contributed by atoms with Crippen LogP contribution in [0.4, 0.5) is 0 Å². The number of hydrogen-bond donors (Lipinski definition) is 2. The van der Waals surface area contributed by atoms with Crippen molar-refractivity contribution in [2.75, 3.05) is 6.54 Å². The van der Waals surface area contributed by atoms with Crippen LogP contribution in [0.25, 0.3) is 0 Å². The number of amides is 1. The summed E-state index contributed by atoms with van der Waals surface area (Å²) < 4.78 is 0. The lowest BCUT2D eigenvalue weighted by atomic mass is 9.97. The van der Waals surface area contributed by atoms with Crippen LogP contribution < -0.4 is 10.6 Å². The first-order valence-electron chi connectivity index (χ1n) is 7.73. The van der Waals surface area contributed by atoms with E-state index in [1.807, 2.05) is 12.1 Å². The summed E-state index contributed by atoms with van der Waals surface area (Å²) in [5.41, 5.74) is 3.41. The Kier molecular flexibility index (Phi) is 5.18. The van der Waals surface area contributed by atoms with E-state index in [4.69, 9.17) is 0 Å². The second kappa shape index (κ2) is 6.89. The minimum atomic E-state index is 0.0502. The molecule has 3 nitrogen and oxygen atoms in total. The molecule has 0 aliphatic carbocycles. The molecule has 110 valence electrons. The van der Waals surface area contributed by atoms with Crippen LogP contribution in [-0.2, 0) is 13.0 Å². The molecule has 0 bridgehead atoms. The van der Waals surface area contributed by atoms with Gasteiger partial charge in [0.15, 0.2) is 0 Å². The van der Waals surface area contributed by atoms with Crippen LogP contribution >= 0.6 is 0 Å². The molecule has 0 saturated heterocycles. The Morgan fingerprint density at radius 1 is 1.35 bits per heavy atom. The van der Waals surface area contributed by atoms with Gasteiger partial charge in [-0.25, -0.2) is 0 Å². The molecule has 0 saturated carbocycles. The van der Waals surface area contributed by atoms with Gasteiger partial charge in [-0.15, -0.1) is 0 Å². The van der Waals surface area contributed by atoms with Crippen LogP contribution in [-0.4, -0.2) is 18.5 Å². The third-order valence-corrected chi connectivity index (χ3v) is 4.19. The Bertz CT molecular complexity index is 470. The Hall–Kier alpha value is -1.35. The summed E-state index contributed by atoms with van der Waals surface area (Å²) in [5.74, 6) is 0.701. The van der Waals surface area contributed by atoms with Gasteiger partial charge in [-0.05, 0) is 55.5 Å². The number of hydrogen-bond acceptors (Lipinski definition) is 2. The SMILES string of the molecule is CCC(C)CC(C)NC(=O)c1ccc2c(c1)CNCC2. The standard InChI is InChI=1S/C17H26N2O/c1-4-12(2)9-13(3)19-17(20)15-6-5-14-7-8-18-11-16(14)10-15/h5-6,10,12-13,18H,4,7-9,11H2,1-3H3,(H,19,20). The molecule has 2 unspecified atom stereocenters. The molecule has 3 heteroatoms. The molecule has 1 amide bonds. The van der Waals surface area contributed by atoms with Gasteiger partial charge in [0.25, 0.3) is 5.91 Å². The van der Waals surface area contributed by atoms with Crippen LogP contribution in [0.5, 0.6) is 0 Å². The molecular formula is C17H26N2O. The van der Waals surface area contributed by atoms with Gasteiger partial charge in [0.2, 0.25) is 0 Å². The van der Waals surface area contributed by atoms with Crippen LogP contribution in [0.2, 0.25) is 0 Å². The molecule has 20 heavy (non-hydrogen) atoms. The number of rotatable bonds is 5. The van der Waals surface area contributed by atoms with Crippen molar-refractivity contribution in [2.45, 2.75) is 52.6 Å². The number of carbonyl (C=O) groups is 1. The van der Waals surface area contributed by atoms with E-state index >= 15 is 0 Å². The average Bonchev–Trinajstić information content (AvgIpc) is 2.46. The number of nitrogens with one attached hydrogen (secondary N) is 2. The van der Waals surface area contributed by atoms with Gasteiger partial charge in [0.1, 0.15) is 0 Å². The fourth-order valence-corrected chi connectivity index (χ4v) is 2.76. The normalized spacial score (nSPS) is 17.1. The van der Waals surface area contributed by atoms with Crippen LogP contribution in [0.15, 0.2) is 18.2 Å². The summed E-state index contributed by atoms with van der Waals surface area (Å²) in [5, 5.41) is 6.46. The van der Waals surface area contributed by atoms with E-state index in [9.17, 15) is 4.79 Å². The van der Waals surface area contributed by atoms with Crippen molar-refractivity contribution in [2.24, 2.45) is 5.92 Å². The number of carbonyl (C=O) groups excluding carboxylic acids is 1. The van der Waals surface area contributed by atoms with Crippen molar-refractivity contribution in [3.8, 4) is 0 Å². The summed E-state index contributed by atoms with van der Waals surface area (Å²) in [6.45, 7) is 8.41. The lowest BCUT2D eigenvalue weighted by Gasteiger charge is -2.20. The minimum absolute atomic E-state index is 0.0502. The zero-order valence-electron chi connectivity index (χ0n) is 12.8. The summed E-state index contributed by atoms with van der Waals surface area (Å²) >= 11 is 0. The number of benzene rings is 1. The maximum absolute atomic E-state index is 12.3. The monoisotopic (exact) mass is 274 g/mol. The molecule has 1 aromatic carbocycles. The first-order valence-corrected chi connectivity index (χ1v) is 7.73. The van der Waals surface area contributed by atoms with Crippen molar-refractivity contribution >= 4 is 5.91 Å². The fraction of sp³-hybridized carbons (Fsp3) is 0.588. The quantitative estimate of drug-likeness (QED) is 0.867. The Morgan fingerprint density at radius 3 is 2.90 bits per heavy atom. The van der Waals surface area contributed by atoms with E-state index in [1.54, 1.807) is 0 Å². The highest BCUT2D eigenvalue weighted by molar-refractivity contribution is 5.94. The maximum Gasteiger partial charge on any atom is 0.251 e. The maximum atomic E-state index is 12.3. The summed E-state index contributed by atoms with van der Waals surface area (Å²) in [4.78, 5) is 12.3. The Balaban J connectivity index is 1.98. The van der Waals surface area contributed by atoms with E-state index in [-0.39, 0.29) is 11.9 Å². The summed E-state index contributed by atoms with van der Waals surface area (Å²) in [6.07, 6.45) is 3.25. The van der Waals surface area contributed by atoms with Gasteiger partial charge >= 0.3 is 0 Å². The highest BCUT2D eigenvalue weighted by Crippen LogP contribution is 2.16. The van der Waals surface area contributed by atoms with Gasteiger partial charge in [0, 0.05) is 18.2 Å². The fourth-order valence-electron chi connectivity index (χ4n) is 2.76. The van der Waals surface area contributed by atoms with Crippen molar-refractivity contribution in [1.82, 2.24) is 10.6 Å². The predicted octanol–water partition coefficient (Wildman–Crippen LogP) is 2.89. The van der Waals surface area contributed by atoms with E-state index in [0.29, 0.717) is 5.92 Å². The van der Waals surface area contributed by atoms with Gasteiger partial charge in [-0.1, -0.05) is 26.3 Å². The van der Waals surface area contributed by atoms with E-state index in [1.165, 1.54) is 11.1 Å². The molecule has 1 heterocycles. The molecule has 1 aromatic rings. The molecule has 1 aliphatic rings. The van der Waals surface area contributed by atoms with Gasteiger partial charge in [-0.2, -0.15) is 0 Å². The highest BCUT2D eigenvalue weighted by Gasteiger charge is 2.15. The first-order chi connectivity index (χ1) is 9.60. The van der Waals surface area contributed by atoms with Gasteiger partial charge < -0.3 is 10.6 Å². The minimum Gasteiger partial charge on any atom is -0.350 e. The van der Waals surface area contributed by atoms with Crippen LogP contribution in [0, 0.1) is 5.92 Å². The average molecular weight is 274 g/mol. The van der Waals surface area contributed by atoms with Crippen molar-refractivity contribution in [1.29, 1.82) is 0 Å². The lowest BCUT2D eigenvalue weighted by molar-refractivity contribution is 0.0935. The molecule has 2 atom stereocenters. The second-order valence-corrected chi connectivity index (χ2v) is 6.03. The molecular weight excluding hydrogens is 248 g/mol. The van der Waals surface area contributed by atoms with E-state index in [0.717, 1.165) is 37.9 Å². The van der Waals surface area contributed by atoms with Gasteiger partial charge in [0.05, 0.1) is 0 Å². The van der Waals surface area contributed by atoms with Crippen molar-refractivity contribution in [3.63, 3.8) is 0 Å². The van der Waals surface area contributed by atoms with E-state index < -0.39 is 0 Å². The van der Waals surface area contributed by atoms with Crippen LogP contribution in [0.3, 0.4) is 0 Å². The molecule has 0 radical (unpaired) electrons. The predicted molar refractivity (Wildman–Crippen MR) is 82.9 cm³/mol. The largest absolute Gasteiger partial charge is 0.350 e. The van der Waals surface area contributed by atoms with Crippen molar-refractivity contribution < 1.29 is 4.79 Å². The molecule has 2 N–H and O–H groups in total. The molecule has 1 aliphatic heterocycles. The topological polar surface area (TPSA) is 41.1 Å². The van der Waals surface area contributed by atoms with E-state index in [2.05, 4.69) is 37.5 Å². The summed E-state index contributed by atoms with van der Waals surface area (Å²) in [6, 6.07) is 6.32. The summed E-state index contributed by atoms with van der Waals surface area (Å²) in [7, 11) is 0. The Labute approximate surface area is 122 Å². The van der Waals surface area contributed by atoms with Crippen molar-refractivity contribution in [3.05, 3.63) is 34.9 Å². The van der Waals surface area contributed by atoms with Gasteiger partial charge in [-0.3, -0.25) is 4.79 Å². The third-order valence-electron chi connectivity index (χ3n) is 4.19. The smallest absolute Gasteiger partial charge is 0.251 e. The zero-order valence-corrected chi connectivity index (χ0v) is 12.8. The zero-order chi connectivity index (χ0) is 14.5. The molecule has 0 aromatic heterocycles. The lowest BCUT2D eigenvalue weighted by Crippen LogP contribution is -2.34. The molecule has 0 fully saturated rings. The third kappa shape index (κ3) is 3.83. The number of fused-ring (bicyclic) bond motifs is 1. The Morgan fingerprint density at radius 2 is 2.15 bits per heavy atom. The molecule has 2 rings (SSSR count). The second-order valence-electron chi connectivity index (χ2n) is 6.03. The van der Waals surface area contributed by atoms with Crippen LogP contribution in [0.1, 0.15) is 55.1 Å².